The van der Waals surface area contributed by atoms with Gasteiger partial charge in [-0.1, -0.05) is 6.42 Å². The summed E-state index contributed by atoms with van der Waals surface area (Å²) in [6.07, 6.45) is 5.34. The molecule has 0 heterocycles. The molecule has 2 unspecified atom stereocenters. The van der Waals surface area contributed by atoms with E-state index in [-0.39, 0.29) is 11.3 Å². The topological polar surface area (TPSA) is 49.4 Å². The molecular weight excluding hydrogens is 224 g/mol. The molecule has 0 amide bonds. The molecule has 2 atom stereocenters. The third-order valence-corrected chi connectivity index (χ3v) is 5.12. The van der Waals surface area contributed by atoms with Crippen LogP contribution in [-0.2, 0) is 9.84 Å². The molecule has 0 radical (unpaired) electrons. The van der Waals surface area contributed by atoms with Gasteiger partial charge in [0.2, 0.25) is 0 Å². The lowest BCUT2D eigenvalue weighted by Gasteiger charge is -2.28. The molecular formula is C11H24N2O2S. The van der Waals surface area contributed by atoms with Gasteiger partial charge < -0.3 is 10.2 Å². The molecule has 0 aromatic rings. The van der Waals surface area contributed by atoms with Crippen molar-refractivity contribution in [2.45, 2.75) is 37.0 Å². The Bertz CT molecular complexity index is 303. The van der Waals surface area contributed by atoms with Gasteiger partial charge in [0.25, 0.3) is 0 Å². The second-order valence-corrected chi connectivity index (χ2v) is 7.07. The lowest BCUT2D eigenvalue weighted by Crippen LogP contribution is -2.42. The Kier molecular flexibility index (Phi) is 5.21. The fourth-order valence-electron chi connectivity index (χ4n) is 2.58. The standard InChI is InChI=1S/C11H24N2O2S/c1-12-8-5-9-13(2)10-6-4-7-11(10)16(3,14)15/h10-12H,4-9H2,1-3H3. The van der Waals surface area contributed by atoms with E-state index in [1.165, 1.54) is 6.26 Å². The minimum absolute atomic E-state index is 0.146. The van der Waals surface area contributed by atoms with E-state index >= 15 is 0 Å². The van der Waals surface area contributed by atoms with Gasteiger partial charge in [0.15, 0.2) is 9.84 Å². The predicted octanol–water partition coefficient (Wildman–Crippen LogP) is 0.493. The molecule has 1 aliphatic carbocycles. The summed E-state index contributed by atoms with van der Waals surface area (Å²) < 4.78 is 23.3. The Morgan fingerprint density at radius 1 is 1.38 bits per heavy atom. The fraction of sp³-hybridized carbons (Fsp3) is 1.00. The highest BCUT2D eigenvalue weighted by molar-refractivity contribution is 7.91. The van der Waals surface area contributed by atoms with E-state index in [1.807, 2.05) is 14.1 Å². The minimum Gasteiger partial charge on any atom is -0.320 e. The van der Waals surface area contributed by atoms with Crippen LogP contribution in [0.4, 0.5) is 0 Å². The van der Waals surface area contributed by atoms with Crippen molar-refractivity contribution in [2.24, 2.45) is 0 Å². The quantitative estimate of drug-likeness (QED) is 0.695. The molecule has 0 aliphatic heterocycles. The molecule has 1 N–H and O–H groups in total. The first-order valence-corrected chi connectivity index (χ1v) is 7.96. The lowest BCUT2D eigenvalue weighted by molar-refractivity contribution is 0.244. The van der Waals surface area contributed by atoms with Crippen LogP contribution < -0.4 is 5.32 Å². The molecule has 1 rings (SSSR count). The summed E-state index contributed by atoms with van der Waals surface area (Å²) in [6.45, 7) is 1.96. The van der Waals surface area contributed by atoms with E-state index in [9.17, 15) is 8.42 Å². The Morgan fingerprint density at radius 3 is 2.62 bits per heavy atom. The zero-order valence-corrected chi connectivity index (χ0v) is 11.4. The van der Waals surface area contributed by atoms with Crippen LogP contribution in [0.5, 0.6) is 0 Å². The van der Waals surface area contributed by atoms with Crippen LogP contribution >= 0.6 is 0 Å². The number of rotatable bonds is 6. The smallest absolute Gasteiger partial charge is 0.151 e. The third-order valence-electron chi connectivity index (χ3n) is 3.47. The van der Waals surface area contributed by atoms with Gasteiger partial charge in [0, 0.05) is 12.3 Å². The summed E-state index contributed by atoms with van der Waals surface area (Å²) in [5.74, 6) is 0. The normalized spacial score (nSPS) is 26.5. The average molecular weight is 248 g/mol. The molecule has 0 saturated heterocycles. The van der Waals surface area contributed by atoms with E-state index in [2.05, 4.69) is 10.2 Å². The number of hydrogen-bond donors (Lipinski definition) is 1. The zero-order valence-electron chi connectivity index (χ0n) is 10.6. The maximum atomic E-state index is 11.6. The molecule has 5 heteroatoms. The van der Waals surface area contributed by atoms with Crippen LogP contribution in [-0.4, -0.2) is 58.1 Å². The Balaban J connectivity index is 2.51. The van der Waals surface area contributed by atoms with Crippen molar-refractivity contribution in [3.8, 4) is 0 Å². The molecule has 0 spiro atoms. The maximum absolute atomic E-state index is 11.6. The Labute approximate surface area is 99.3 Å². The van der Waals surface area contributed by atoms with E-state index < -0.39 is 9.84 Å². The summed E-state index contributed by atoms with van der Waals surface area (Å²) in [4.78, 5) is 2.22. The summed E-state index contributed by atoms with van der Waals surface area (Å²) in [5, 5.41) is 2.96. The van der Waals surface area contributed by atoms with Crippen LogP contribution in [0.2, 0.25) is 0 Å². The Morgan fingerprint density at radius 2 is 2.06 bits per heavy atom. The number of sulfone groups is 1. The van der Waals surface area contributed by atoms with Gasteiger partial charge in [0.1, 0.15) is 0 Å². The van der Waals surface area contributed by atoms with Gasteiger partial charge in [-0.3, -0.25) is 0 Å². The molecule has 1 fully saturated rings. The van der Waals surface area contributed by atoms with Crippen molar-refractivity contribution >= 4 is 9.84 Å². The lowest BCUT2D eigenvalue weighted by atomic mass is 10.2. The zero-order chi connectivity index (χ0) is 12.2. The van der Waals surface area contributed by atoms with Gasteiger partial charge >= 0.3 is 0 Å². The van der Waals surface area contributed by atoms with E-state index in [4.69, 9.17) is 0 Å². The molecule has 0 bridgehead atoms. The van der Waals surface area contributed by atoms with Crippen molar-refractivity contribution in [1.82, 2.24) is 10.2 Å². The van der Waals surface area contributed by atoms with E-state index in [1.54, 1.807) is 0 Å². The first-order chi connectivity index (χ1) is 7.46. The number of nitrogens with zero attached hydrogens (tertiary/aromatic N) is 1. The summed E-state index contributed by atoms with van der Waals surface area (Å²) in [5.41, 5.74) is 0. The second-order valence-electron chi connectivity index (χ2n) is 4.80. The van der Waals surface area contributed by atoms with Crippen LogP contribution in [0.25, 0.3) is 0 Å². The van der Waals surface area contributed by atoms with Crippen LogP contribution in [0.1, 0.15) is 25.7 Å². The number of hydrogen-bond acceptors (Lipinski definition) is 4. The van der Waals surface area contributed by atoms with Crippen LogP contribution in [0.15, 0.2) is 0 Å². The first-order valence-electron chi connectivity index (χ1n) is 6.00. The van der Waals surface area contributed by atoms with Crippen LogP contribution in [0, 0.1) is 0 Å². The summed E-state index contributed by atoms with van der Waals surface area (Å²) in [6, 6.07) is 0.229. The summed E-state index contributed by atoms with van der Waals surface area (Å²) >= 11 is 0. The second kappa shape index (κ2) is 5.98. The molecule has 0 aromatic carbocycles. The SMILES string of the molecule is CNCCCN(C)C1CCCC1S(C)(=O)=O. The van der Waals surface area contributed by atoms with Gasteiger partial charge in [-0.25, -0.2) is 8.42 Å². The molecule has 0 aromatic heterocycles. The van der Waals surface area contributed by atoms with Gasteiger partial charge in [-0.15, -0.1) is 0 Å². The van der Waals surface area contributed by atoms with Crippen molar-refractivity contribution in [1.29, 1.82) is 0 Å². The maximum Gasteiger partial charge on any atom is 0.151 e. The Hall–Kier alpha value is -0.130. The van der Waals surface area contributed by atoms with E-state index in [0.29, 0.717) is 0 Å². The molecule has 96 valence electrons. The first kappa shape index (κ1) is 13.9. The third kappa shape index (κ3) is 3.71. The molecule has 1 aliphatic rings. The summed E-state index contributed by atoms with van der Waals surface area (Å²) in [7, 11) is 1.10. The van der Waals surface area contributed by atoms with Crippen molar-refractivity contribution < 1.29 is 8.42 Å². The largest absolute Gasteiger partial charge is 0.320 e. The molecule has 4 nitrogen and oxygen atoms in total. The van der Waals surface area contributed by atoms with E-state index in [0.717, 1.165) is 38.8 Å². The fourth-order valence-corrected chi connectivity index (χ4v) is 4.09. The van der Waals surface area contributed by atoms with Crippen molar-refractivity contribution in [3.05, 3.63) is 0 Å². The van der Waals surface area contributed by atoms with Gasteiger partial charge in [-0.2, -0.15) is 0 Å². The minimum atomic E-state index is -2.88. The van der Waals surface area contributed by atoms with Gasteiger partial charge in [-0.05, 0) is 46.4 Å². The van der Waals surface area contributed by atoms with Crippen molar-refractivity contribution in [2.75, 3.05) is 33.4 Å². The average Bonchev–Trinajstić information content (AvgIpc) is 2.65. The van der Waals surface area contributed by atoms with Gasteiger partial charge in [0.05, 0.1) is 5.25 Å². The predicted molar refractivity (Wildman–Crippen MR) is 67.4 cm³/mol. The van der Waals surface area contributed by atoms with Crippen LogP contribution in [0.3, 0.4) is 0 Å². The highest BCUT2D eigenvalue weighted by Crippen LogP contribution is 2.28. The molecule has 1 saturated carbocycles. The highest BCUT2D eigenvalue weighted by Gasteiger charge is 2.36. The monoisotopic (exact) mass is 248 g/mol. The number of nitrogens with one attached hydrogen (secondary N) is 1. The highest BCUT2D eigenvalue weighted by atomic mass is 32.2. The van der Waals surface area contributed by atoms with Crippen molar-refractivity contribution in [3.63, 3.8) is 0 Å². The molecule has 16 heavy (non-hydrogen) atoms.